The van der Waals surface area contributed by atoms with E-state index < -0.39 is 81.3 Å². The van der Waals surface area contributed by atoms with Gasteiger partial charge in [-0.15, -0.1) is 24.5 Å². The number of methoxy groups -OCH3 is 3. The van der Waals surface area contributed by atoms with E-state index in [1.807, 2.05) is 5.32 Å². The number of halogens is 9. The molecule has 59 heavy (non-hydrogen) atoms. The summed E-state index contributed by atoms with van der Waals surface area (Å²) in [6.45, 7) is 0.176. The monoisotopic (exact) mass is 895 g/mol. The number of carbonyl (C=O) groups excluding carboxylic acids is 1. The van der Waals surface area contributed by atoms with Gasteiger partial charge in [-0.1, -0.05) is 12.1 Å². The molecule has 0 unspecified atom stereocenters. The summed E-state index contributed by atoms with van der Waals surface area (Å²) in [6, 6.07) is 6.74. The number of nitrogens with zero attached hydrogens (tertiary/aromatic N) is 6. The predicted molar refractivity (Wildman–Crippen MR) is 180 cm³/mol. The Balaban J connectivity index is 0.000000312. The van der Waals surface area contributed by atoms with Gasteiger partial charge in [-0.25, -0.2) is 9.78 Å². The summed E-state index contributed by atoms with van der Waals surface area (Å²) < 4.78 is 164. The van der Waals surface area contributed by atoms with E-state index in [0.29, 0.717) is 22.3 Å². The smallest absolute Gasteiger partial charge is 0.845 e. The minimum absolute atomic E-state index is 0. The van der Waals surface area contributed by atoms with Gasteiger partial charge in [0.25, 0.3) is 0 Å². The molecule has 0 aliphatic rings. The Kier molecular flexibility index (Phi) is 15.7. The Hall–Kier alpha value is -5.25. The average Bonchev–Trinajstić information content (AvgIpc) is 3.51. The Labute approximate surface area is 351 Å². The number of anilines is 1. The third-order valence-electron chi connectivity index (χ3n) is 6.52. The fourth-order valence-electron chi connectivity index (χ4n) is 4.29. The first-order chi connectivity index (χ1) is 26.9. The number of hydrogen-bond donors (Lipinski definition) is 1. The zero-order valence-corrected chi connectivity index (χ0v) is 34.0. The fourth-order valence-corrected chi connectivity index (χ4v) is 6.16. The van der Waals surface area contributed by atoms with Crippen molar-refractivity contribution in [2.24, 2.45) is 4.40 Å². The third-order valence-corrected chi connectivity index (χ3v) is 8.67. The molecule has 312 valence electrons. The molecule has 0 atom stereocenters. The molecule has 0 saturated carbocycles. The largest absolute Gasteiger partial charge is 1.00 e. The number of thiophene rings is 1. The van der Waals surface area contributed by atoms with Gasteiger partial charge in [0.2, 0.25) is 17.7 Å². The van der Waals surface area contributed by atoms with Crippen molar-refractivity contribution in [3.63, 3.8) is 0 Å². The minimum Gasteiger partial charge on any atom is -0.845 e. The molecule has 1 N–H and O–H groups in total. The first kappa shape index (κ1) is 48.1. The van der Waals surface area contributed by atoms with Gasteiger partial charge in [0.15, 0.2) is 11.6 Å². The van der Waals surface area contributed by atoms with E-state index in [1.165, 1.54) is 43.8 Å². The van der Waals surface area contributed by atoms with Crippen LogP contribution < -0.4 is 58.9 Å². The van der Waals surface area contributed by atoms with Crippen LogP contribution in [0.5, 0.6) is 23.5 Å². The van der Waals surface area contributed by atoms with Gasteiger partial charge < -0.3 is 34.1 Å². The molecule has 0 amide bonds. The molecule has 0 saturated heterocycles. The van der Waals surface area contributed by atoms with Crippen LogP contribution in [-0.4, -0.2) is 85.8 Å². The number of aryl methyl sites for hydroxylation is 1. The van der Waals surface area contributed by atoms with Crippen molar-refractivity contribution in [3.8, 4) is 34.8 Å². The molecule has 1 aromatic carbocycles. The summed E-state index contributed by atoms with van der Waals surface area (Å²) in [5.74, 6) is -2.38. The van der Waals surface area contributed by atoms with E-state index in [9.17, 15) is 57.8 Å². The van der Waals surface area contributed by atoms with E-state index >= 15 is 0 Å². The number of ether oxygens (including phenoxy) is 5. The predicted octanol–water partition coefficient (Wildman–Crippen LogP) is 2.72. The quantitative estimate of drug-likeness (QED) is 0.0703. The number of aromatic nitrogens is 5. The molecule has 5 rings (SSSR count). The van der Waals surface area contributed by atoms with Gasteiger partial charge in [-0.05, 0) is 37.3 Å². The van der Waals surface area contributed by atoms with Gasteiger partial charge in [-0.2, -0.15) is 59.1 Å². The van der Waals surface area contributed by atoms with Crippen molar-refractivity contribution < 1.29 is 111 Å². The Bertz CT molecular complexity index is 2410. The van der Waals surface area contributed by atoms with Crippen LogP contribution in [0.25, 0.3) is 21.5 Å². The number of sulfonamides is 1. The van der Waals surface area contributed by atoms with E-state index in [0.717, 1.165) is 24.1 Å². The van der Waals surface area contributed by atoms with Crippen LogP contribution in [0, 0.1) is 6.92 Å². The molecule has 0 spiro atoms. The summed E-state index contributed by atoms with van der Waals surface area (Å²) in [5.41, 5.74) is -2.12. The summed E-state index contributed by atoms with van der Waals surface area (Å²) in [6.07, 6.45) is -14.5. The molecule has 0 radical (unpaired) electrons. The third kappa shape index (κ3) is 13.7. The summed E-state index contributed by atoms with van der Waals surface area (Å²) in [7, 11) is -1.84. The number of fused-ring (bicyclic) bond motifs is 1. The van der Waals surface area contributed by atoms with Crippen LogP contribution in [0.15, 0.2) is 58.0 Å². The van der Waals surface area contributed by atoms with Gasteiger partial charge in [-0.3, -0.25) is 0 Å². The maximum atomic E-state index is 12.9. The van der Waals surface area contributed by atoms with Gasteiger partial charge in [0.1, 0.15) is 16.3 Å². The second-order valence-corrected chi connectivity index (χ2v) is 13.5. The van der Waals surface area contributed by atoms with E-state index in [4.69, 9.17) is 9.47 Å². The van der Waals surface area contributed by atoms with Crippen LogP contribution in [0.4, 0.5) is 45.5 Å². The number of esters is 1. The molecule has 0 aliphatic heterocycles. The summed E-state index contributed by atoms with van der Waals surface area (Å²) >= 11 is 1.20. The number of hydrogen-bond acceptors (Lipinski definition) is 15. The molecule has 0 bridgehead atoms. The molecule has 4 aromatic heterocycles. The number of benzene rings is 1. The second kappa shape index (κ2) is 19.2. The van der Waals surface area contributed by atoms with E-state index in [-0.39, 0.29) is 52.6 Å². The van der Waals surface area contributed by atoms with Gasteiger partial charge in [0, 0.05) is 15.8 Å². The van der Waals surface area contributed by atoms with Crippen molar-refractivity contribution >= 4 is 49.5 Å². The number of carbonyl (C=O) groups is 1. The van der Waals surface area contributed by atoms with E-state index in [2.05, 4.69) is 43.5 Å². The van der Waals surface area contributed by atoms with Gasteiger partial charge >= 0.3 is 70.3 Å². The first-order valence-corrected chi connectivity index (χ1v) is 17.4. The zero-order chi connectivity index (χ0) is 43.2. The van der Waals surface area contributed by atoms with Crippen LogP contribution in [0.2, 0.25) is 0 Å². The Morgan fingerprint density at radius 1 is 0.881 bits per heavy atom. The zero-order valence-electron chi connectivity index (χ0n) is 30.4. The molecule has 0 aliphatic carbocycles. The SMILES string of the molecule is COC(=O)c1ccc(C(F)(F)F)nc1S(=O)(=O)/N=C(\[O-])Nc1nc(OC)cc(OC)n1.Cc1cc2c(-c3cccc(OC(F)(F)F)c3)nc(OCC(F)(F)F)nc2s1.[Na+]. The maximum Gasteiger partial charge on any atom is 1.00 e. The Morgan fingerprint density at radius 2 is 1.53 bits per heavy atom. The molecule has 0 fully saturated rings. The van der Waals surface area contributed by atoms with Crippen molar-refractivity contribution in [3.05, 3.63) is 64.7 Å². The summed E-state index contributed by atoms with van der Waals surface area (Å²) in [5, 5.41) is 13.0. The number of nitrogens with one attached hydrogen (secondary N) is 1. The molecular formula is C31H23F9N7NaO9S2. The van der Waals surface area contributed by atoms with Crippen molar-refractivity contribution in [1.82, 2.24) is 24.9 Å². The minimum atomic E-state index is -5.20. The standard InChI is InChI=1S/C16H10F6N2O2S.C15H14F3N5O7S.Na/c1-8-5-11-12(9-3-2-4-10(6-9)26-16(20,21)22)23-14(24-13(11)27-8)25-7-15(17,18)19;1-28-9-6-10(29-2)21-13(20-9)22-14(25)23-31(26,27)11-7(12(24)30-3)4-5-8(19-11)15(16,17)18;/h2-6H,7H2,1H3;4-6H,1-3H3,(H2,20,21,22,23,25);/q;;+1/p-1. The molecule has 28 heteroatoms. The van der Waals surface area contributed by atoms with E-state index in [1.54, 1.807) is 13.0 Å². The number of amidine groups is 1. The van der Waals surface area contributed by atoms with Crippen LogP contribution in [-0.2, 0) is 20.9 Å². The van der Waals surface area contributed by atoms with Crippen molar-refractivity contribution in [2.45, 2.75) is 30.7 Å². The number of alkyl halides is 9. The van der Waals surface area contributed by atoms with Crippen LogP contribution >= 0.6 is 11.3 Å². The number of pyridine rings is 1. The maximum absolute atomic E-state index is 12.9. The average molecular weight is 896 g/mol. The van der Waals surface area contributed by atoms with Gasteiger partial charge in [0.05, 0.1) is 44.7 Å². The molecule has 16 nitrogen and oxygen atoms in total. The first-order valence-electron chi connectivity index (χ1n) is 15.2. The molecule has 4 heterocycles. The normalized spacial score (nSPS) is 12.1. The second-order valence-electron chi connectivity index (χ2n) is 10.7. The van der Waals surface area contributed by atoms with Crippen molar-refractivity contribution in [2.75, 3.05) is 33.3 Å². The topological polar surface area (TPSA) is 209 Å². The number of rotatable bonds is 10. The molecule has 5 aromatic rings. The van der Waals surface area contributed by atoms with Crippen molar-refractivity contribution in [1.29, 1.82) is 0 Å². The molecular weight excluding hydrogens is 872 g/mol. The van der Waals surface area contributed by atoms with Crippen LogP contribution in [0.3, 0.4) is 0 Å². The fraction of sp³-hybridized carbons (Fsp3) is 0.258. The Morgan fingerprint density at radius 3 is 2.08 bits per heavy atom. The summed E-state index contributed by atoms with van der Waals surface area (Å²) in [4.78, 5) is 31.2. The van der Waals surface area contributed by atoms with Crippen LogP contribution in [0.1, 0.15) is 20.9 Å².